The monoisotopic (exact) mass is 218 g/mol. The van der Waals surface area contributed by atoms with Crippen molar-refractivity contribution in [1.82, 2.24) is 14.6 Å². The van der Waals surface area contributed by atoms with Gasteiger partial charge in [-0.25, -0.2) is 14.6 Å². The molecule has 3 aromatic rings. The third-order valence-electron chi connectivity index (χ3n) is 2.18. The predicted octanol–water partition coefficient (Wildman–Crippen LogP) is 0.720. The highest BCUT2D eigenvalue weighted by Gasteiger charge is 2.10. The summed E-state index contributed by atoms with van der Waals surface area (Å²) in [6.07, 6.45) is 3.02. The average molecular weight is 218 g/mol. The van der Waals surface area contributed by atoms with Gasteiger partial charge in [-0.15, -0.1) is 11.3 Å². The van der Waals surface area contributed by atoms with Crippen LogP contribution in [0.2, 0.25) is 0 Å². The summed E-state index contributed by atoms with van der Waals surface area (Å²) in [4.78, 5) is 20.8. The van der Waals surface area contributed by atoms with Crippen LogP contribution in [0.4, 0.5) is 0 Å². The highest BCUT2D eigenvalue weighted by molar-refractivity contribution is 7.25. The molecular formula is C9H6N4OS. The van der Waals surface area contributed by atoms with Gasteiger partial charge in [0.25, 0.3) is 5.56 Å². The fourth-order valence-electron chi connectivity index (χ4n) is 1.48. The lowest BCUT2D eigenvalue weighted by Gasteiger charge is -1.94. The van der Waals surface area contributed by atoms with Crippen molar-refractivity contribution in [2.75, 3.05) is 5.84 Å². The average Bonchev–Trinajstić information content (AvgIpc) is 2.63. The molecule has 0 bridgehead atoms. The number of rotatable bonds is 0. The summed E-state index contributed by atoms with van der Waals surface area (Å²) in [6.45, 7) is 0. The molecule has 0 atom stereocenters. The molecule has 0 aliphatic heterocycles. The minimum atomic E-state index is -0.233. The van der Waals surface area contributed by atoms with Crippen LogP contribution in [0.1, 0.15) is 0 Å². The zero-order valence-corrected chi connectivity index (χ0v) is 8.36. The molecule has 5 nitrogen and oxygen atoms in total. The van der Waals surface area contributed by atoms with Crippen molar-refractivity contribution in [2.24, 2.45) is 0 Å². The van der Waals surface area contributed by atoms with Crippen LogP contribution in [0.15, 0.2) is 29.5 Å². The van der Waals surface area contributed by atoms with Crippen LogP contribution in [0.5, 0.6) is 0 Å². The van der Waals surface area contributed by atoms with E-state index >= 15 is 0 Å². The summed E-state index contributed by atoms with van der Waals surface area (Å²) >= 11 is 1.32. The number of nitrogen functional groups attached to an aromatic ring is 1. The molecule has 3 rings (SSSR count). The molecule has 0 amide bonds. The largest absolute Gasteiger partial charge is 0.335 e. The topological polar surface area (TPSA) is 73.8 Å². The van der Waals surface area contributed by atoms with Gasteiger partial charge in [0.15, 0.2) is 0 Å². The Morgan fingerprint density at radius 3 is 3.13 bits per heavy atom. The van der Waals surface area contributed by atoms with Gasteiger partial charge in [0.2, 0.25) is 0 Å². The Kier molecular flexibility index (Phi) is 1.54. The fraction of sp³-hybridized carbons (Fsp3) is 0. The van der Waals surface area contributed by atoms with E-state index in [0.29, 0.717) is 10.2 Å². The van der Waals surface area contributed by atoms with Gasteiger partial charge in [0, 0.05) is 11.6 Å². The van der Waals surface area contributed by atoms with E-state index in [0.717, 1.165) is 14.9 Å². The van der Waals surface area contributed by atoms with Crippen molar-refractivity contribution in [3.05, 3.63) is 35.0 Å². The van der Waals surface area contributed by atoms with Crippen molar-refractivity contribution in [1.29, 1.82) is 0 Å². The molecule has 0 saturated carbocycles. The highest BCUT2D eigenvalue weighted by Crippen LogP contribution is 2.27. The highest BCUT2D eigenvalue weighted by atomic mass is 32.1. The number of hydrogen-bond acceptors (Lipinski definition) is 5. The van der Waals surface area contributed by atoms with Gasteiger partial charge in [-0.3, -0.25) is 4.79 Å². The standard InChI is InChI=1S/C9H6N4OS/c10-13-4-12-6-5-2-1-3-11-8(5)15-7(6)9(13)14/h1-4H,10H2. The number of nitrogens with two attached hydrogens (primary N) is 1. The van der Waals surface area contributed by atoms with E-state index in [1.54, 1.807) is 6.20 Å². The Bertz CT molecular complexity index is 715. The van der Waals surface area contributed by atoms with Gasteiger partial charge in [0.05, 0.1) is 5.52 Å². The van der Waals surface area contributed by atoms with Gasteiger partial charge in [-0.1, -0.05) is 0 Å². The number of hydrogen-bond donors (Lipinski definition) is 1. The molecule has 0 fully saturated rings. The maximum absolute atomic E-state index is 11.7. The Morgan fingerprint density at radius 1 is 1.40 bits per heavy atom. The smallest absolute Gasteiger partial charge is 0.289 e. The van der Waals surface area contributed by atoms with Gasteiger partial charge in [-0.2, -0.15) is 0 Å². The third kappa shape index (κ3) is 1.05. The fourth-order valence-corrected chi connectivity index (χ4v) is 2.52. The van der Waals surface area contributed by atoms with Crippen LogP contribution in [-0.4, -0.2) is 14.6 Å². The lowest BCUT2D eigenvalue weighted by Crippen LogP contribution is -2.26. The summed E-state index contributed by atoms with van der Waals surface area (Å²) in [5.74, 6) is 5.44. The number of fused-ring (bicyclic) bond motifs is 3. The zero-order valence-electron chi connectivity index (χ0n) is 7.54. The van der Waals surface area contributed by atoms with E-state index < -0.39 is 0 Å². The molecular weight excluding hydrogens is 212 g/mol. The second kappa shape index (κ2) is 2.77. The normalized spacial score (nSPS) is 11.2. The quantitative estimate of drug-likeness (QED) is 0.564. The first-order valence-corrected chi connectivity index (χ1v) is 5.09. The molecule has 6 heteroatoms. The Labute approximate surface area is 87.8 Å². The van der Waals surface area contributed by atoms with Gasteiger partial charge in [0.1, 0.15) is 15.9 Å². The first-order valence-electron chi connectivity index (χ1n) is 4.27. The van der Waals surface area contributed by atoms with E-state index in [1.165, 1.54) is 17.7 Å². The lowest BCUT2D eigenvalue weighted by molar-refractivity contribution is 0.917. The number of pyridine rings is 1. The van der Waals surface area contributed by atoms with Crippen molar-refractivity contribution in [2.45, 2.75) is 0 Å². The number of nitrogens with zero attached hydrogens (tertiary/aromatic N) is 3. The van der Waals surface area contributed by atoms with Crippen LogP contribution < -0.4 is 11.4 Å². The van der Waals surface area contributed by atoms with Crippen LogP contribution in [0.3, 0.4) is 0 Å². The van der Waals surface area contributed by atoms with E-state index in [9.17, 15) is 4.79 Å². The molecule has 0 aliphatic rings. The summed E-state index contributed by atoms with van der Waals surface area (Å²) in [5.41, 5.74) is 0.442. The summed E-state index contributed by atoms with van der Waals surface area (Å²) in [7, 11) is 0. The van der Waals surface area contributed by atoms with Crippen molar-refractivity contribution < 1.29 is 0 Å². The SMILES string of the molecule is Nn1cnc2c(sc3ncccc32)c1=O. The van der Waals surface area contributed by atoms with Crippen molar-refractivity contribution in [3.63, 3.8) is 0 Å². The molecule has 15 heavy (non-hydrogen) atoms. The van der Waals surface area contributed by atoms with Gasteiger partial charge >= 0.3 is 0 Å². The minimum absolute atomic E-state index is 0.233. The van der Waals surface area contributed by atoms with Crippen LogP contribution in [0, 0.1) is 0 Å². The minimum Gasteiger partial charge on any atom is -0.335 e. The molecule has 3 heterocycles. The Balaban J connectivity index is 2.66. The Morgan fingerprint density at radius 2 is 2.27 bits per heavy atom. The summed E-state index contributed by atoms with van der Waals surface area (Å²) < 4.78 is 1.53. The first kappa shape index (κ1) is 8.37. The predicted molar refractivity (Wildman–Crippen MR) is 59.3 cm³/mol. The Hall–Kier alpha value is -1.95. The lowest BCUT2D eigenvalue weighted by atomic mass is 10.3. The van der Waals surface area contributed by atoms with Crippen molar-refractivity contribution >= 4 is 31.8 Å². The zero-order chi connectivity index (χ0) is 10.4. The van der Waals surface area contributed by atoms with E-state index in [2.05, 4.69) is 9.97 Å². The molecule has 0 aromatic carbocycles. The third-order valence-corrected chi connectivity index (χ3v) is 3.27. The molecule has 0 aliphatic carbocycles. The van der Waals surface area contributed by atoms with Crippen LogP contribution >= 0.6 is 11.3 Å². The van der Waals surface area contributed by atoms with E-state index in [4.69, 9.17) is 5.84 Å². The molecule has 3 aromatic heterocycles. The maximum Gasteiger partial charge on any atom is 0.289 e. The summed E-state index contributed by atoms with van der Waals surface area (Å²) in [5, 5.41) is 0.898. The van der Waals surface area contributed by atoms with Crippen molar-refractivity contribution in [3.8, 4) is 0 Å². The van der Waals surface area contributed by atoms with Crippen LogP contribution in [-0.2, 0) is 0 Å². The first-order chi connectivity index (χ1) is 7.27. The molecule has 0 unspecified atom stereocenters. The van der Waals surface area contributed by atoms with Crippen LogP contribution in [0.25, 0.3) is 20.4 Å². The summed E-state index contributed by atoms with van der Waals surface area (Å²) in [6, 6.07) is 3.72. The molecule has 74 valence electrons. The van der Waals surface area contributed by atoms with Gasteiger partial charge in [-0.05, 0) is 12.1 Å². The number of aromatic nitrogens is 3. The molecule has 0 radical (unpaired) electrons. The van der Waals surface area contributed by atoms with E-state index in [-0.39, 0.29) is 5.56 Å². The maximum atomic E-state index is 11.7. The second-order valence-electron chi connectivity index (χ2n) is 3.09. The van der Waals surface area contributed by atoms with E-state index in [1.807, 2.05) is 12.1 Å². The number of thiophene rings is 1. The molecule has 0 spiro atoms. The second-order valence-corrected chi connectivity index (χ2v) is 4.09. The molecule has 0 saturated heterocycles. The molecule has 2 N–H and O–H groups in total. The van der Waals surface area contributed by atoms with Gasteiger partial charge < -0.3 is 5.84 Å².